The van der Waals surface area contributed by atoms with Crippen molar-refractivity contribution in [3.63, 3.8) is 0 Å². The van der Waals surface area contributed by atoms with Crippen LogP contribution in [0.2, 0.25) is 0 Å². The summed E-state index contributed by atoms with van der Waals surface area (Å²) in [5, 5.41) is 14.9. The number of imide groups is 1. The van der Waals surface area contributed by atoms with E-state index in [0.717, 1.165) is 21.5 Å². The number of hydrogen-bond acceptors (Lipinski definition) is 8. The van der Waals surface area contributed by atoms with Crippen molar-refractivity contribution >= 4 is 29.1 Å². The molecule has 10 nitrogen and oxygen atoms in total. The molecular formula is C28H21F3N6O4. The van der Waals surface area contributed by atoms with E-state index < -0.39 is 54.8 Å². The fourth-order valence-electron chi connectivity index (χ4n) is 5.11. The van der Waals surface area contributed by atoms with Crippen LogP contribution >= 0.6 is 0 Å². The third kappa shape index (κ3) is 4.90. The second kappa shape index (κ2) is 10.5. The molecule has 0 N–H and O–H groups in total. The van der Waals surface area contributed by atoms with Crippen molar-refractivity contribution in [1.29, 1.82) is 0 Å². The van der Waals surface area contributed by atoms with Crippen LogP contribution in [0.15, 0.2) is 94.3 Å². The van der Waals surface area contributed by atoms with Crippen LogP contribution in [-0.2, 0) is 14.4 Å². The highest BCUT2D eigenvalue weighted by molar-refractivity contribution is 6.25. The average molecular weight is 563 g/mol. The fraction of sp³-hybridized carbons (Fsp3) is 0.214. The van der Waals surface area contributed by atoms with Gasteiger partial charge in [0.05, 0.1) is 17.4 Å². The lowest BCUT2D eigenvalue weighted by Gasteiger charge is -2.25. The highest BCUT2D eigenvalue weighted by atomic mass is 19.3. The van der Waals surface area contributed by atoms with Crippen molar-refractivity contribution < 1.29 is 32.3 Å². The monoisotopic (exact) mass is 562 g/mol. The third-order valence-corrected chi connectivity index (χ3v) is 6.98. The lowest BCUT2D eigenvalue weighted by molar-refractivity contribution is -0.135. The molecule has 0 bridgehead atoms. The molecule has 0 spiro atoms. The number of carbonyl (C=O) groups is 3. The summed E-state index contributed by atoms with van der Waals surface area (Å²) in [6, 6.07) is 17.4. The van der Waals surface area contributed by atoms with E-state index in [1.54, 1.807) is 12.1 Å². The van der Waals surface area contributed by atoms with Crippen LogP contribution < -0.4 is 9.64 Å². The summed E-state index contributed by atoms with van der Waals surface area (Å²) < 4.78 is 43.3. The number of carbonyl (C=O) groups excluding carboxylic acids is 3. The van der Waals surface area contributed by atoms with E-state index in [1.165, 1.54) is 35.3 Å². The molecule has 1 saturated heterocycles. The van der Waals surface area contributed by atoms with Crippen LogP contribution in [0.4, 0.5) is 18.9 Å². The van der Waals surface area contributed by atoms with E-state index in [4.69, 9.17) is 0 Å². The largest absolute Gasteiger partial charge is 0.435 e. The predicted molar refractivity (Wildman–Crippen MR) is 138 cm³/mol. The van der Waals surface area contributed by atoms with E-state index in [0.29, 0.717) is 17.7 Å². The van der Waals surface area contributed by atoms with Gasteiger partial charge in [0.2, 0.25) is 0 Å². The second-order valence-corrected chi connectivity index (χ2v) is 9.50. The van der Waals surface area contributed by atoms with E-state index in [1.807, 2.05) is 30.3 Å². The lowest BCUT2D eigenvalue weighted by atomic mass is 9.98. The molecule has 0 radical (unpaired) electrons. The summed E-state index contributed by atoms with van der Waals surface area (Å²) in [4.78, 5) is 40.7. The maximum atomic E-state index is 13.8. The van der Waals surface area contributed by atoms with Crippen LogP contribution in [0.1, 0.15) is 23.6 Å². The molecule has 3 heterocycles. The third-order valence-electron chi connectivity index (χ3n) is 6.98. The summed E-state index contributed by atoms with van der Waals surface area (Å²) in [5.41, 5.74) is 2.04. The number of fused-ring (bicyclic) bond motifs is 1. The van der Waals surface area contributed by atoms with Crippen LogP contribution in [-0.4, -0.2) is 58.7 Å². The highest BCUT2D eigenvalue weighted by Crippen LogP contribution is 2.35. The molecule has 3 amide bonds. The van der Waals surface area contributed by atoms with Gasteiger partial charge >= 0.3 is 6.61 Å². The average Bonchev–Trinajstić information content (AvgIpc) is 3.65. The van der Waals surface area contributed by atoms with Crippen LogP contribution in [0.25, 0.3) is 0 Å². The van der Waals surface area contributed by atoms with Crippen molar-refractivity contribution in [2.24, 2.45) is 15.4 Å². The van der Waals surface area contributed by atoms with Crippen LogP contribution in [0.5, 0.6) is 5.75 Å². The summed E-state index contributed by atoms with van der Waals surface area (Å²) in [7, 11) is 0. The zero-order valence-corrected chi connectivity index (χ0v) is 21.2. The van der Waals surface area contributed by atoms with Crippen LogP contribution in [0.3, 0.4) is 0 Å². The molecule has 208 valence electrons. The number of amides is 3. The zero-order valence-electron chi connectivity index (χ0n) is 21.2. The van der Waals surface area contributed by atoms with Crippen molar-refractivity contribution in [3.05, 3.63) is 95.8 Å². The van der Waals surface area contributed by atoms with Crippen molar-refractivity contribution in [2.75, 3.05) is 11.4 Å². The Morgan fingerprint density at radius 1 is 0.976 bits per heavy atom. The van der Waals surface area contributed by atoms with Crippen molar-refractivity contribution in [3.8, 4) is 5.75 Å². The normalized spacial score (nSPS) is 21.6. The number of ether oxygens (including phenoxy) is 1. The molecule has 3 aliphatic heterocycles. The SMILES string of the molecule is O=C1[C@H]2N=NN(CC(=O)N3N=C(c4ccc(OC(F)F)cc4)C[C@@H]3c3ccccc3)[C@@H]2C(=O)N1c1cccc(F)c1. The maximum Gasteiger partial charge on any atom is 0.387 e. The molecule has 41 heavy (non-hydrogen) atoms. The molecular weight excluding hydrogens is 541 g/mol. The molecule has 13 heteroatoms. The van der Waals surface area contributed by atoms with E-state index in [2.05, 4.69) is 20.2 Å². The van der Waals surface area contributed by atoms with Gasteiger partial charge in [0.1, 0.15) is 18.1 Å². The molecule has 6 rings (SSSR count). The minimum atomic E-state index is -2.95. The van der Waals surface area contributed by atoms with E-state index in [-0.39, 0.29) is 11.4 Å². The quantitative estimate of drug-likeness (QED) is 0.403. The predicted octanol–water partition coefficient (Wildman–Crippen LogP) is 4.10. The van der Waals surface area contributed by atoms with Gasteiger partial charge < -0.3 is 4.74 Å². The highest BCUT2D eigenvalue weighted by Gasteiger charge is 2.55. The van der Waals surface area contributed by atoms with Gasteiger partial charge in [-0.15, -0.1) is 0 Å². The van der Waals surface area contributed by atoms with Gasteiger partial charge in [0, 0.05) is 6.42 Å². The summed E-state index contributed by atoms with van der Waals surface area (Å²) in [6.45, 7) is -3.35. The Balaban J connectivity index is 1.24. The van der Waals surface area contributed by atoms with Crippen LogP contribution in [0, 0.1) is 5.82 Å². The number of hydrazone groups is 1. The van der Waals surface area contributed by atoms with Gasteiger partial charge in [0.15, 0.2) is 12.1 Å². The molecule has 3 aromatic carbocycles. The summed E-state index contributed by atoms with van der Waals surface area (Å²) >= 11 is 0. The smallest absolute Gasteiger partial charge is 0.387 e. The first-order valence-electron chi connectivity index (χ1n) is 12.6. The van der Waals surface area contributed by atoms with Crippen molar-refractivity contribution in [2.45, 2.75) is 31.2 Å². The first-order valence-corrected chi connectivity index (χ1v) is 12.6. The molecule has 0 aliphatic carbocycles. The topological polar surface area (TPSA) is 107 Å². The Morgan fingerprint density at radius 3 is 2.44 bits per heavy atom. The summed E-state index contributed by atoms with van der Waals surface area (Å²) in [5.74, 6) is -2.45. The zero-order chi connectivity index (χ0) is 28.7. The standard InChI is InChI=1S/C28H21F3N6O4/c29-18-7-4-8-19(13-18)36-26(39)24-25(27(36)40)35(34-32-24)15-23(38)37-22(17-5-2-1-3-6-17)14-21(33-37)16-9-11-20(12-10-16)41-28(30)31/h1-13,22,24-25,28H,14-15H2/t22-,24+,25+/m1/s1. The maximum absolute atomic E-state index is 13.8. The van der Waals surface area contributed by atoms with Gasteiger partial charge in [-0.25, -0.2) is 14.3 Å². The number of benzene rings is 3. The second-order valence-electron chi connectivity index (χ2n) is 9.50. The van der Waals surface area contributed by atoms with Gasteiger partial charge in [-0.2, -0.15) is 19.0 Å². The number of hydrogen-bond donors (Lipinski definition) is 0. The van der Waals surface area contributed by atoms with Crippen molar-refractivity contribution in [1.82, 2.24) is 10.0 Å². The van der Waals surface area contributed by atoms with E-state index >= 15 is 0 Å². The number of alkyl halides is 2. The molecule has 0 unspecified atom stereocenters. The van der Waals surface area contributed by atoms with Gasteiger partial charge in [-0.1, -0.05) is 41.6 Å². The van der Waals surface area contributed by atoms with Gasteiger partial charge in [0.25, 0.3) is 17.7 Å². The Kier molecular flexibility index (Phi) is 6.69. The number of nitrogens with zero attached hydrogens (tertiary/aromatic N) is 6. The van der Waals surface area contributed by atoms with Gasteiger partial charge in [-0.05, 0) is 53.6 Å². The van der Waals surface area contributed by atoms with E-state index in [9.17, 15) is 27.6 Å². The lowest BCUT2D eigenvalue weighted by Crippen LogP contribution is -2.44. The molecule has 3 atom stereocenters. The first kappa shape index (κ1) is 26.2. The van der Waals surface area contributed by atoms with Gasteiger partial charge in [-0.3, -0.25) is 19.4 Å². The Bertz CT molecular complexity index is 1570. The Labute approximate surface area is 231 Å². The Morgan fingerprint density at radius 2 is 1.73 bits per heavy atom. The number of halogens is 3. The minimum Gasteiger partial charge on any atom is -0.435 e. The molecule has 3 aromatic rings. The molecule has 3 aliphatic rings. The minimum absolute atomic E-state index is 0.00750. The fourth-order valence-corrected chi connectivity index (χ4v) is 5.11. The summed E-state index contributed by atoms with van der Waals surface area (Å²) in [6.07, 6.45) is 0.336. The Hall–Kier alpha value is -5.07. The molecule has 0 saturated carbocycles. The molecule has 1 fully saturated rings. The molecule has 0 aromatic heterocycles. The number of anilines is 1. The number of rotatable bonds is 7. The first-order chi connectivity index (χ1) is 19.8.